The molecule has 2 amide bonds. The monoisotopic (exact) mass is 504 g/mol. The van der Waals surface area contributed by atoms with Crippen LogP contribution >= 0.6 is 11.6 Å². The van der Waals surface area contributed by atoms with Gasteiger partial charge in [0, 0.05) is 30.5 Å². The van der Waals surface area contributed by atoms with Crippen LogP contribution < -0.4 is 5.32 Å². The predicted octanol–water partition coefficient (Wildman–Crippen LogP) is 6.39. The van der Waals surface area contributed by atoms with Gasteiger partial charge in [0.2, 0.25) is 11.8 Å². The van der Waals surface area contributed by atoms with E-state index >= 15 is 0 Å². The molecule has 3 rings (SSSR count). The maximum Gasteiger partial charge on any atom is 0.243 e. The van der Waals surface area contributed by atoms with Gasteiger partial charge in [0.1, 0.15) is 6.04 Å². The standard InChI is InChI=1S/C31H37ClN2O2/c1-4-23(3)33-31(36)29(21-26-9-7-6-8-10-26)34(22-27-15-18-28(32)19-16-27)30(35)20-17-25-13-11-24(5-2)12-14-25/h6-16,18-19,23,29H,4-5,17,20-22H2,1-3H3,(H,33,36). The van der Waals surface area contributed by atoms with Crippen LogP contribution in [0.4, 0.5) is 0 Å². The van der Waals surface area contributed by atoms with Crippen LogP contribution in [0.1, 0.15) is 55.9 Å². The van der Waals surface area contributed by atoms with Crippen molar-refractivity contribution < 1.29 is 9.59 Å². The van der Waals surface area contributed by atoms with Crippen LogP contribution in [0.2, 0.25) is 5.02 Å². The second-order valence-electron chi connectivity index (χ2n) is 9.34. The highest BCUT2D eigenvalue weighted by Gasteiger charge is 2.30. The lowest BCUT2D eigenvalue weighted by Crippen LogP contribution is -2.52. The van der Waals surface area contributed by atoms with E-state index in [4.69, 9.17) is 11.6 Å². The zero-order chi connectivity index (χ0) is 25.9. The van der Waals surface area contributed by atoms with Crippen molar-refractivity contribution in [2.24, 2.45) is 0 Å². The Morgan fingerprint density at radius 3 is 2.06 bits per heavy atom. The minimum absolute atomic E-state index is 0.0281. The number of hydrogen-bond acceptors (Lipinski definition) is 2. The SMILES string of the molecule is CCc1ccc(CCC(=O)N(Cc2ccc(Cl)cc2)C(Cc2ccccc2)C(=O)NC(C)CC)cc1. The Labute approximate surface area is 220 Å². The molecule has 5 heteroatoms. The van der Waals surface area contributed by atoms with E-state index in [9.17, 15) is 9.59 Å². The number of hydrogen-bond donors (Lipinski definition) is 1. The number of carbonyl (C=O) groups is 2. The highest BCUT2D eigenvalue weighted by atomic mass is 35.5. The number of halogens is 1. The van der Waals surface area contributed by atoms with Gasteiger partial charge in [-0.05, 0) is 60.6 Å². The van der Waals surface area contributed by atoms with Gasteiger partial charge in [0.15, 0.2) is 0 Å². The Kier molecular flexibility index (Phi) is 10.6. The molecule has 0 fully saturated rings. The second kappa shape index (κ2) is 13.8. The highest BCUT2D eigenvalue weighted by molar-refractivity contribution is 6.30. The molecular formula is C31H37ClN2O2. The summed E-state index contributed by atoms with van der Waals surface area (Å²) >= 11 is 6.10. The van der Waals surface area contributed by atoms with E-state index in [0.717, 1.165) is 29.5 Å². The van der Waals surface area contributed by atoms with Crippen molar-refractivity contribution in [3.63, 3.8) is 0 Å². The average molecular weight is 505 g/mol. The molecule has 1 N–H and O–H groups in total. The second-order valence-corrected chi connectivity index (χ2v) is 9.78. The Morgan fingerprint density at radius 1 is 0.833 bits per heavy atom. The average Bonchev–Trinajstić information content (AvgIpc) is 2.91. The van der Waals surface area contributed by atoms with Crippen LogP contribution in [0.25, 0.3) is 0 Å². The van der Waals surface area contributed by atoms with E-state index in [0.29, 0.717) is 30.8 Å². The summed E-state index contributed by atoms with van der Waals surface area (Å²) in [5, 5.41) is 3.75. The van der Waals surface area contributed by atoms with Crippen molar-refractivity contribution in [2.45, 2.75) is 71.5 Å². The van der Waals surface area contributed by atoms with Gasteiger partial charge in [-0.1, -0.05) is 92.2 Å². The fourth-order valence-electron chi connectivity index (χ4n) is 4.12. The first-order valence-corrected chi connectivity index (χ1v) is 13.2. The normalized spacial score (nSPS) is 12.6. The van der Waals surface area contributed by atoms with Crippen molar-refractivity contribution in [3.05, 3.63) is 106 Å². The molecule has 2 atom stereocenters. The molecule has 190 valence electrons. The molecule has 0 radical (unpaired) electrons. The first-order valence-electron chi connectivity index (χ1n) is 12.9. The van der Waals surface area contributed by atoms with Crippen molar-refractivity contribution >= 4 is 23.4 Å². The van der Waals surface area contributed by atoms with Gasteiger partial charge in [0.25, 0.3) is 0 Å². The molecule has 36 heavy (non-hydrogen) atoms. The Balaban J connectivity index is 1.88. The van der Waals surface area contributed by atoms with Gasteiger partial charge < -0.3 is 10.2 Å². The van der Waals surface area contributed by atoms with Gasteiger partial charge in [-0.15, -0.1) is 0 Å². The van der Waals surface area contributed by atoms with Crippen LogP contribution in [0, 0.1) is 0 Å². The summed E-state index contributed by atoms with van der Waals surface area (Å²) in [6.07, 6.45) is 3.23. The molecule has 0 aromatic heterocycles. The number of carbonyl (C=O) groups excluding carboxylic acids is 2. The van der Waals surface area contributed by atoms with Gasteiger partial charge in [-0.3, -0.25) is 9.59 Å². The number of nitrogens with one attached hydrogen (secondary N) is 1. The van der Waals surface area contributed by atoms with Gasteiger partial charge in [0.05, 0.1) is 0 Å². The third-order valence-corrected chi connectivity index (χ3v) is 6.85. The van der Waals surface area contributed by atoms with Crippen molar-refractivity contribution in [1.29, 1.82) is 0 Å². The van der Waals surface area contributed by atoms with E-state index in [-0.39, 0.29) is 17.9 Å². The Hall–Kier alpha value is -3.11. The lowest BCUT2D eigenvalue weighted by molar-refractivity contribution is -0.141. The zero-order valence-corrected chi connectivity index (χ0v) is 22.3. The van der Waals surface area contributed by atoms with Crippen LogP contribution in [0.3, 0.4) is 0 Å². The number of amides is 2. The maximum atomic E-state index is 13.7. The summed E-state index contributed by atoms with van der Waals surface area (Å²) in [5.74, 6) is -0.160. The van der Waals surface area contributed by atoms with Gasteiger partial charge in [-0.25, -0.2) is 0 Å². The molecule has 3 aromatic rings. The first-order chi connectivity index (χ1) is 17.4. The van der Waals surface area contributed by atoms with E-state index in [1.54, 1.807) is 4.90 Å². The van der Waals surface area contributed by atoms with Gasteiger partial charge in [-0.2, -0.15) is 0 Å². The molecule has 0 spiro atoms. The molecule has 0 aliphatic heterocycles. The highest BCUT2D eigenvalue weighted by Crippen LogP contribution is 2.19. The lowest BCUT2D eigenvalue weighted by Gasteiger charge is -2.32. The molecular weight excluding hydrogens is 468 g/mol. The summed E-state index contributed by atoms with van der Waals surface area (Å²) in [6, 6.07) is 25.2. The molecule has 4 nitrogen and oxygen atoms in total. The number of rotatable bonds is 12. The molecule has 0 saturated carbocycles. The Morgan fingerprint density at radius 2 is 1.44 bits per heavy atom. The van der Waals surface area contributed by atoms with E-state index < -0.39 is 6.04 Å². The predicted molar refractivity (Wildman–Crippen MR) is 148 cm³/mol. The lowest BCUT2D eigenvalue weighted by atomic mass is 10.0. The van der Waals surface area contributed by atoms with E-state index in [2.05, 4.69) is 36.5 Å². The molecule has 0 aliphatic rings. The summed E-state index contributed by atoms with van der Waals surface area (Å²) in [6.45, 7) is 6.50. The number of benzene rings is 3. The molecule has 2 unspecified atom stereocenters. The summed E-state index contributed by atoms with van der Waals surface area (Å²) in [5.41, 5.74) is 4.36. The molecule has 0 saturated heterocycles. The first kappa shape index (κ1) is 27.5. The summed E-state index contributed by atoms with van der Waals surface area (Å²) in [7, 11) is 0. The van der Waals surface area contributed by atoms with Crippen molar-refractivity contribution in [1.82, 2.24) is 10.2 Å². The number of aryl methyl sites for hydroxylation is 2. The smallest absolute Gasteiger partial charge is 0.243 e. The van der Waals surface area contributed by atoms with Crippen molar-refractivity contribution in [2.75, 3.05) is 0 Å². The third kappa shape index (κ3) is 8.23. The van der Waals surface area contributed by atoms with Crippen LogP contribution in [-0.2, 0) is 35.4 Å². The topological polar surface area (TPSA) is 49.4 Å². The van der Waals surface area contributed by atoms with Crippen LogP contribution in [-0.4, -0.2) is 28.8 Å². The molecule has 0 bridgehead atoms. The van der Waals surface area contributed by atoms with Crippen LogP contribution in [0.5, 0.6) is 0 Å². The summed E-state index contributed by atoms with van der Waals surface area (Å²) < 4.78 is 0. The van der Waals surface area contributed by atoms with Gasteiger partial charge >= 0.3 is 0 Å². The zero-order valence-electron chi connectivity index (χ0n) is 21.5. The summed E-state index contributed by atoms with van der Waals surface area (Å²) in [4.78, 5) is 29.0. The van der Waals surface area contributed by atoms with E-state index in [1.165, 1.54) is 5.56 Å². The Bertz CT molecular complexity index is 1100. The fraction of sp³-hybridized carbons (Fsp3) is 0.355. The molecule has 3 aromatic carbocycles. The number of nitrogens with zero attached hydrogens (tertiary/aromatic N) is 1. The minimum Gasteiger partial charge on any atom is -0.352 e. The fourth-order valence-corrected chi connectivity index (χ4v) is 4.24. The third-order valence-electron chi connectivity index (χ3n) is 6.60. The molecule has 0 heterocycles. The quantitative estimate of drug-likeness (QED) is 0.310. The van der Waals surface area contributed by atoms with E-state index in [1.807, 2.05) is 68.4 Å². The largest absolute Gasteiger partial charge is 0.352 e. The van der Waals surface area contributed by atoms with Crippen LogP contribution in [0.15, 0.2) is 78.9 Å². The minimum atomic E-state index is -0.618. The maximum absolute atomic E-state index is 13.7. The molecule has 0 aliphatic carbocycles. The van der Waals surface area contributed by atoms with Crippen molar-refractivity contribution in [3.8, 4) is 0 Å².